The Hall–Kier alpha value is -1.53. The molecule has 2 heterocycles. The van der Waals surface area contributed by atoms with E-state index >= 15 is 0 Å². The van der Waals surface area contributed by atoms with Gasteiger partial charge in [-0.25, -0.2) is 0 Å². The lowest BCUT2D eigenvalue weighted by Crippen LogP contribution is -2.46. The van der Waals surface area contributed by atoms with Crippen LogP contribution in [0, 0.1) is 0 Å². The van der Waals surface area contributed by atoms with E-state index in [9.17, 15) is 9.59 Å². The van der Waals surface area contributed by atoms with Gasteiger partial charge in [-0.3, -0.25) is 9.59 Å². The lowest BCUT2D eigenvalue weighted by molar-refractivity contribution is -0.137. The molecule has 0 aromatic heterocycles. The summed E-state index contributed by atoms with van der Waals surface area (Å²) in [6, 6.07) is 7.86. The summed E-state index contributed by atoms with van der Waals surface area (Å²) in [5.74, 6) is 0.616. The Morgan fingerprint density at radius 1 is 1.41 bits per heavy atom. The van der Waals surface area contributed by atoms with Crippen molar-refractivity contribution in [1.29, 1.82) is 0 Å². The number of amides is 2. The predicted molar refractivity (Wildman–Crippen MR) is 86.1 cm³/mol. The molecule has 22 heavy (non-hydrogen) atoms. The number of carbonyl (C=O) groups excluding carboxylic acids is 2. The number of anilines is 1. The van der Waals surface area contributed by atoms with Crippen molar-refractivity contribution in [2.24, 2.45) is 0 Å². The summed E-state index contributed by atoms with van der Waals surface area (Å²) in [5, 5.41) is 0. The molecule has 1 fully saturated rings. The van der Waals surface area contributed by atoms with E-state index < -0.39 is 0 Å². The third kappa shape index (κ3) is 3.28. The van der Waals surface area contributed by atoms with Crippen LogP contribution in [0.4, 0.5) is 5.69 Å². The highest BCUT2D eigenvalue weighted by Crippen LogP contribution is 2.34. The highest BCUT2D eigenvalue weighted by atomic mass is 32.2. The van der Waals surface area contributed by atoms with Crippen LogP contribution >= 0.6 is 11.8 Å². The molecule has 0 bridgehead atoms. The number of carbonyl (C=O) groups is 2. The highest BCUT2D eigenvalue weighted by Gasteiger charge is 2.26. The Morgan fingerprint density at radius 3 is 3.05 bits per heavy atom. The van der Waals surface area contributed by atoms with Gasteiger partial charge in [-0.05, 0) is 19.1 Å². The third-order valence-corrected chi connectivity index (χ3v) is 5.00. The van der Waals surface area contributed by atoms with Gasteiger partial charge in [-0.2, -0.15) is 0 Å². The molecular formula is C16H20N2O3S. The largest absolute Gasteiger partial charge is 0.375 e. The van der Waals surface area contributed by atoms with Gasteiger partial charge in [0.25, 0.3) is 0 Å². The van der Waals surface area contributed by atoms with Gasteiger partial charge in [0.15, 0.2) is 0 Å². The van der Waals surface area contributed by atoms with Gasteiger partial charge in [0, 0.05) is 31.0 Å². The molecule has 6 heteroatoms. The fraction of sp³-hybridized carbons (Fsp3) is 0.500. The minimum absolute atomic E-state index is 0.0758. The van der Waals surface area contributed by atoms with E-state index in [2.05, 4.69) is 0 Å². The average molecular weight is 320 g/mol. The molecule has 3 rings (SSSR count). The Kier molecular flexibility index (Phi) is 4.69. The normalized spacial score (nSPS) is 21.7. The molecular weight excluding hydrogens is 300 g/mol. The molecule has 118 valence electrons. The van der Waals surface area contributed by atoms with Crippen LogP contribution in [0.1, 0.15) is 13.3 Å². The first-order valence-electron chi connectivity index (χ1n) is 7.56. The number of nitrogens with zero attached hydrogens (tertiary/aromatic N) is 2. The molecule has 1 aromatic carbocycles. The zero-order valence-electron chi connectivity index (χ0n) is 12.7. The van der Waals surface area contributed by atoms with Gasteiger partial charge < -0.3 is 14.5 Å². The molecule has 0 saturated carbocycles. The van der Waals surface area contributed by atoms with Crippen molar-refractivity contribution in [3.63, 3.8) is 0 Å². The average Bonchev–Trinajstić information content (AvgIpc) is 2.53. The number of thioether (sulfide) groups is 1. The van der Waals surface area contributed by atoms with Crippen LogP contribution in [0.5, 0.6) is 0 Å². The van der Waals surface area contributed by atoms with Crippen LogP contribution in [0.2, 0.25) is 0 Å². The third-order valence-electron chi connectivity index (χ3n) is 3.95. The Morgan fingerprint density at radius 2 is 2.23 bits per heavy atom. The van der Waals surface area contributed by atoms with E-state index in [1.807, 2.05) is 36.1 Å². The second-order valence-corrected chi connectivity index (χ2v) is 6.59. The van der Waals surface area contributed by atoms with Crippen LogP contribution in [-0.4, -0.2) is 54.8 Å². The molecule has 0 spiro atoms. The monoisotopic (exact) mass is 320 g/mol. The molecule has 5 nitrogen and oxygen atoms in total. The SMILES string of the molecule is C[C@@H]1CN(C(=O)CCN2C(=O)CSc3ccccc32)CCO1. The summed E-state index contributed by atoms with van der Waals surface area (Å²) in [4.78, 5) is 29.2. The maximum absolute atomic E-state index is 12.3. The van der Waals surface area contributed by atoms with Crippen molar-refractivity contribution in [2.75, 3.05) is 36.9 Å². The van der Waals surface area contributed by atoms with Gasteiger partial charge in [0.1, 0.15) is 0 Å². The van der Waals surface area contributed by atoms with E-state index in [0.29, 0.717) is 38.4 Å². The lowest BCUT2D eigenvalue weighted by Gasteiger charge is -2.33. The fourth-order valence-corrected chi connectivity index (χ4v) is 3.75. The summed E-state index contributed by atoms with van der Waals surface area (Å²) >= 11 is 1.56. The van der Waals surface area contributed by atoms with Crippen molar-refractivity contribution in [2.45, 2.75) is 24.3 Å². The van der Waals surface area contributed by atoms with Crippen molar-refractivity contribution < 1.29 is 14.3 Å². The van der Waals surface area contributed by atoms with Crippen LogP contribution < -0.4 is 4.90 Å². The Bertz CT molecular complexity index is 578. The maximum atomic E-state index is 12.3. The van der Waals surface area contributed by atoms with Crippen molar-refractivity contribution in [3.05, 3.63) is 24.3 Å². The molecule has 1 aromatic rings. The summed E-state index contributed by atoms with van der Waals surface area (Å²) < 4.78 is 5.46. The highest BCUT2D eigenvalue weighted by molar-refractivity contribution is 8.00. The molecule has 2 amide bonds. The summed E-state index contributed by atoms with van der Waals surface area (Å²) in [6.07, 6.45) is 0.448. The lowest BCUT2D eigenvalue weighted by atomic mass is 10.2. The van der Waals surface area contributed by atoms with E-state index in [4.69, 9.17) is 4.74 Å². The van der Waals surface area contributed by atoms with Crippen LogP contribution in [0.15, 0.2) is 29.2 Å². The van der Waals surface area contributed by atoms with Gasteiger partial charge >= 0.3 is 0 Å². The van der Waals surface area contributed by atoms with Gasteiger partial charge in [-0.15, -0.1) is 11.8 Å². The van der Waals surface area contributed by atoms with E-state index in [1.165, 1.54) is 0 Å². The number of benzene rings is 1. The molecule has 1 atom stereocenters. The van der Waals surface area contributed by atoms with Gasteiger partial charge in [0.2, 0.25) is 11.8 Å². The van der Waals surface area contributed by atoms with Crippen molar-refractivity contribution in [1.82, 2.24) is 4.90 Å². The smallest absolute Gasteiger partial charge is 0.237 e. The summed E-state index contributed by atoms with van der Waals surface area (Å²) in [6.45, 7) is 4.29. The molecule has 2 aliphatic heterocycles. The number of hydrogen-bond donors (Lipinski definition) is 0. The van der Waals surface area contributed by atoms with E-state index in [1.54, 1.807) is 16.7 Å². The predicted octanol–water partition coefficient (Wildman–Crippen LogP) is 1.76. The van der Waals surface area contributed by atoms with E-state index in [0.717, 1.165) is 10.6 Å². The number of para-hydroxylation sites is 1. The minimum atomic E-state index is 0.0758. The summed E-state index contributed by atoms with van der Waals surface area (Å²) in [5.41, 5.74) is 0.923. The fourth-order valence-electron chi connectivity index (χ4n) is 2.81. The molecule has 0 aliphatic carbocycles. The first-order valence-corrected chi connectivity index (χ1v) is 8.55. The number of fused-ring (bicyclic) bond motifs is 1. The number of ether oxygens (including phenoxy) is 1. The van der Waals surface area contributed by atoms with Gasteiger partial charge in [0.05, 0.1) is 24.2 Å². The standard InChI is InChI=1S/C16H20N2O3S/c1-12-10-17(8-9-21-12)15(19)6-7-18-13-4-2-3-5-14(13)22-11-16(18)20/h2-5,12H,6-11H2,1H3/t12-/m1/s1. The van der Waals surface area contributed by atoms with E-state index in [-0.39, 0.29) is 17.9 Å². The minimum Gasteiger partial charge on any atom is -0.375 e. The quantitative estimate of drug-likeness (QED) is 0.851. The first kappa shape index (κ1) is 15.4. The number of hydrogen-bond acceptors (Lipinski definition) is 4. The number of rotatable bonds is 3. The zero-order chi connectivity index (χ0) is 15.5. The molecule has 2 aliphatic rings. The Balaban J connectivity index is 1.63. The van der Waals surface area contributed by atoms with Crippen LogP contribution in [0.25, 0.3) is 0 Å². The number of morpholine rings is 1. The molecule has 1 saturated heterocycles. The zero-order valence-corrected chi connectivity index (χ0v) is 13.5. The Labute approximate surface area is 134 Å². The van der Waals surface area contributed by atoms with Crippen molar-refractivity contribution in [3.8, 4) is 0 Å². The van der Waals surface area contributed by atoms with Crippen LogP contribution in [-0.2, 0) is 14.3 Å². The second kappa shape index (κ2) is 6.71. The summed E-state index contributed by atoms with van der Waals surface area (Å²) in [7, 11) is 0. The first-order chi connectivity index (χ1) is 10.6. The van der Waals surface area contributed by atoms with Gasteiger partial charge in [-0.1, -0.05) is 12.1 Å². The molecule has 0 radical (unpaired) electrons. The maximum Gasteiger partial charge on any atom is 0.237 e. The molecule has 0 unspecified atom stereocenters. The van der Waals surface area contributed by atoms with Crippen LogP contribution in [0.3, 0.4) is 0 Å². The molecule has 0 N–H and O–H groups in total. The topological polar surface area (TPSA) is 49.9 Å². The van der Waals surface area contributed by atoms with Crippen molar-refractivity contribution >= 4 is 29.3 Å². The second-order valence-electron chi connectivity index (χ2n) is 5.57.